The van der Waals surface area contributed by atoms with Crippen LogP contribution in [0.15, 0.2) is 24.4 Å². The van der Waals surface area contributed by atoms with Crippen molar-refractivity contribution in [2.45, 2.75) is 5.92 Å². The van der Waals surface area contributed by atoms with Crippen molar-refractivity contribution in [3.8, 4) is 0 Å². The first-order valence-electron chi connectivity index (χ1n) is 3.43. The van der Waals surface area contributed by atoms with Gasteiger partial charge in [-0.3, -0.25) is 4.79 Å². The van der Waals surface area contributed by atoms with Crippen LogP contribution in [-0.4, -0.2) is 10.5 Å². The molecule has 0 aromatic carbocycles. The Bertz CT molecular complexity index is 325. The first-order valence-corrected chi connectivity index (χ1v) is 3.43. The molecule has 1 amide bonds. The summed E-state index contributed by atoms with van der Waals surface area (Å²) in [6.07, 6.45) is 5.55. The molecule has 0 spiro atoms. The molecule has 1 aliphatic heterocycles. The summed E-state index contributed by atoms with van der Waals surface area (Å²) in [5, 5.41) is 0. The molecule has 0 fully saturated rings. The molecule has 0 radical (unpaired) electrons. The fourth-order valence-electron chi connectivity index (χ4n) is 1.32. The Morgan fingerprint density at radius 3 is 3.18 bits per heavy atom. The molecule has 2 N–H and O–H groups in total. The number of hydrogen-bond donors (Lipinski definition) is 1. The zero-order valence-corrected chi connectivity index (χ0v) is 5.90. The number of rotatable bonds is 1. The van der Waals surface area contributed by atoms with Gasteiger partial charge in [-0.25, -0.2) is 0 Å². The second-order valence-corrected chi connectivity index (χ2v) is 2.56. The van der Waals surface area contributed by atoms with Crippen LogP contribution in [-0.2, 0) is 4.79 Å². The Hall–Kier alpha value is -1.51. The second kappa shape index (κ2) is 1.99. The van der Waals surface area contributed by atoms with Crippen LogP contribution in [0.2, 0.25) is 0 Å². The third-order valence-electron chi connectivity index (χ3n) is 1.88. The molecule has 1 aliphatic rings. The number of nitrogens with zero attached hydrogens (tertiary/aromatic N) is 1. The largest absolute Gasteiger partial charge is 0.369 e. The molecule has 1 aromatic heterocycles. The minimum Gasteiger partial charge on any atom is -0.369 e. The maximum atomic E-state index is 10.8. The van der Waals surface area contributed by atoms with Crippen molar-refractivity contribution in [3.63, 3.8) is 0 Å². The molecule has 0 bridgehead atoms. The minimum absolute atomic E-state index is 0.231. The Labute approximate surface area is 64.1 Å². The Kier molecular flexibility index (Phi) is 1.12. The van der Waals surface area contributed by atoms with E-state index in [9.17, 15) is 4.79 Å². The van der Waals surface area contributed by atoms with Crippen LogP contribution in [0.1, 0.15) is 11.6 Å². The van der Waals surface area contributed by atoms with Crippen molar-refractivity contribution in [3.05, 3.63) is 30.1 Å². The van der Waals surface area contributed by atoms with Crippen molar-refractivity contribution < 1.29 is 4.79 Å². The molecule has 0 aliphatic carbocycles. The van der Waals surface area contributed by atoms with E-state index in [2.05, 4.69) is 0 Å². The summed E-state index contributed by atoms with van der Waals surface area (Å²) in [7, 11) is 0. The number of aromatic nitrogens is 1. The van der Waals surface area contributed by atoms with Gasteiger partial charge in [0, 0.05) is 18.1 Å². The third kappa shape index (κ3) is 0.774. The quantitative estimate of drug-likeness (QED) is 0.620. The number of amides is 1. The monoisotopic (exact) mass is 148 g/mol. The number of carbonyl (C=O) groups excluding carboxylic acids is 1. The molecule has 0 saturated heterocycles. The van der Waals surface area contributed by atoms with Crippen molar-refractivity contribution in [1.29, 1.82) is 0 Å². The molecule has 3 nitrogen and oxygen atoms in total. The molecular weight excluding hydrogens is 140 g/mol. The predicted molar refractivity (Wildman–Crippen MR) is 41.7 cm³/mol. The van der Waals surface area contributed by atoms with E-state index in [1.54, 1.807) is 6.08 Å². The molecule has 2 heterocycles. The number of nitrogens with two attached hydrogens (primary N) is 1. The lowest BCUT2D eigenvalue weighted by molar-refractivity contribution is -0.118. The summed E-state index contributed by atoms with van der Waals surface area (Å²) in [6, 6.07) is 3.80. The number of hydrogen-bond acceptors (Lipinski definition) is 1. The first-order chi connectivity index (χ1) is 5.29. The minimum atomic E-state index is -0.293. The summed E-state index contributed by atoms with van der Waals surface area (Å²) >= 11 is 0. The van der Waals surface area contributed by atoms with Gasteiger partial charge in [0.2, 0.25) is 5.91 Å². The fraction of sp³-hybridized carbons (Fsp3) is 0.125. The van der Waals surface area contributed by atoms with E-state index in [4.69, 9.17) is 5.73 Å². The van der Waals surface area contributed by atoms with Crippen LogP contribution in [0, 0.1) is 0 Å². The highest BCUT2D eigenvalue weighted by Gasteiger charge is 2.21. The van der Waals surface area contributed by atoms with Gasteiger partial charge in [0.25, 0.3) is 0 Å². The maximum Gasteiger partial charge on any atom is 0.230 e. The van der Waals surface area contributed by atoms with E-state index in [-0.39, 0.29) is 11.8 Å². The molecule has 56 valence electrons. The van der Waals surface area contributed by atoms with Gasteiger partial charge in [-0.1, -0.05) is 0 Å². The molecule has 0 saturated carbocycles. The number of carbonyl (C=O) groups is 1. The van der Waals surface area contributed by atoms with Gasteiger partial charge in [0.15, 0.2) is 0 Å². The Balaban J connectivity index is 2.46. The summed E-state index contributed by atoms with van der Waals surface area (Å²) in [5.74, 6) is -0.524. The Morgan fingerprint density at radius 2 is 2.45 bits per heavy atom. The van der Waals surface area contributed by atoms with Gasteiger partial charge in [-0.2, -0.15) is 0 Å². The zero-order valence-electron chi connectivity index (χ0n) is 5.90. The SMILES string of the molecule is NC(=O)[C@H]1C=Cn2cccc21. The van der Waals surface area contributed by atoms with Crippen LogP contribution in [0.5, 0.6) is 0 Å². The van der Waals surface area contributed by atoms with Gasteiger partial charge in [0.05, 0.1) is 5.92 Å². The number of fused-ring (bicyclic) bond motifs is 1. The van der Waals surface area contributed by atoms with Crippen LogP contribution < -0.4 is 5.73 Å². The van der Waals surface area contributed by atoms with E-state index < -0.39 is 0 Å². The average Bonchev–Trinajstić information content (AvgIpc) is 2.41. The van der Waals surface area contributed by atoms with Gasteiger partial charge in [0.1, 0.15) is 0 Å². The lowest BCUT2D eigenvalue weighted by Crippen LogP contribution is -2.18. The maximum absolute atomic E-state index is 10.8. The highest BCUT2D eigenvalue weighted by molar-refractivity contribution is 5.85. The van der Waals surface area contributed by atoms with E-state index in [1.165, 1.54) is 0 Å². The van der Waals surface area contributed by atoms with Crippen molar-refractivity contribution in [2.24, 2.45) is 5.73 Å². The average molecular weight is 148 g/mol. The van der Waals surface area contributed by atoms with Crippen LogP contribution in [0.4, 0.5) is 0 Å². The van der Waals surface area contributed by atoms with E-state index >= 15 is 0 Å². The highest BCUT2D eigenvalue weighted by Crippen LogP contribution is 2.23. The normalized spacial score (nSPS) is 20.2. The van der Waals surface area contributed by atoms with Gasteiger partial charge in [-0.05, 0) is 18.2 Å². The Morgan fingerprint density at radius 1 is 1.64 bits per heavy atom. The van der Waals surface area contributed by atoms with E-state index in [1.807, 2.05) is 29.1 Å². The molecular formula is C8H8N2O. The molecule has 1 atom stereocenters. The van der Waals surface area contributed by atoms with Crippen molar-refractivity contribution >= 4 is 12.1 Å². The smallest absolute Gasteiger partial charge is 0.230 e. The van der Waals surface area contributed by atoms with Crippen LogP contribution in [0.3, 0.4) is 0 Å². The first kappa shape index (κ1) is 6.22. The highest BCUT2D eigenvalue weighted by atomic mass is 16.1. The standard InChI is InChI=1S/C8H8N2O/c9-8(11)6-3-5-10-4-1-2-7(6)10/h1-6H,(H2,9,11)/t6-/m0/s1. The lowest BCUT2D eigenvalue weighted by Gasteiger charge is -2.01. The van der Waals surface area contributed by atoms with Gasteiger partial charge < -0.3 is 10.3 Å². The summed E-state index contributed by atoms with van der Waals surface area (Å²) < 4.78 is 1.90. The summed E-state index contributed by atoms with van der Waals surface area (Å²) in [5.41, 5.74) is 6.12. The summed E-state index contributed by atoms with van der Waals surface area (Å²) in [6.45, 7) is 0. The fourth-order valence-corrected chi connectivity index (χ4v) is 1.32. The number of primary amides is 1. The van der Waals surface area contributed by atoms with Crippen molar-refractivity contribution in [2.75, 3.05) is 0 Å². The molecule has 11 heavy (non-hydrogen) atoms. The van der Waals surface area contributed by atoms with Crippen molar-refractivity contribution in [1.82, 2.24) is 4.57 Å². The summed E-state index contributed by atoms with van der Waals surface area (Å²) in [4.78, 5) is 10.8. The molecule has 0 unspecified atom stereocenters. The lowest BCUT2D eigenvalue weighted by atomic mass is 10.1. The van der Waals surface area contributed by atoms with Gasteiger partial charge >= 0.3 is 0 Å². The topological polar surface area (TPSA) is 48.0 Å². The van der Waals surface area contributed by atoms with Crippen LogP contribution in [0.25, 0.3) is 6.20 Å². The third-order valence-corrected chi connectivity index (χ3v) is 1.88. The van der Waals surface area contributed by atoms with Gasteiger partial charge in [-0.15, -0.1) is 0 Å². The predicted octanol–water partition coefficient (Wildman–Crippen LogP) is 0.541. The van der Waals surface area contributed by atoms with Crippen LogP contribution >= 0.6 is 0 Å². The second-order valence-electron chi connectivity index (χ2n) is 2.56. The zero-order chi connectivity index (χ0) is 7.84. The van der Waals surface area contributed by atoms with E-state index in [0.717, 1.165) is 5.69 Å². The molecule has 2 rings (SSSR count). The molecule has 1 aromatic rings. The van der Waals surface area contributed by atoms with E-state index in [0.29, 0.717) is 0 Å². The molecule has 3 heteroatoms.